The van der Waals surface area contributed by atoms with E-state index in [1.165, 1.54) is 9.35 Å². The molecule has 0 radical (unpaired) electrons. The van der Waals surface area contributed by atoms with E-state index in [2.05, 4.69) is 42.5 Å². The van der Waals surface area contributed by atoms with Crippen molar-refractivity contribution in [2.24, 2.45) is 0 Å². The molecule has 0 fully saturated rings. The molecule has 0 aliphatic carbocycles. The zero-order valence-electron chi connectivity index (χ0n) is 4.95. The molecule has 0 aliphatic heterocycles. The normalized spacial score (nSPS) is 9.22. The molecule has 0 unspecified atom stereocenters. The van der Waals surface area contributed by atoms with Gasteiger partial charge in [0.15, 0.2) is 0 Å². The van der Waals surface area contributed by atoms with Gasteiger partial charge in [-0.1, -0.05) is 0 Å². The third-order valence-corrected chi connectivity index (χ3v) is 10.9. The van der Waals surface area contributed by atoms with Gasteiger partial charge in [-0.25, -0.2) is 0 Å². The second-order valence-corrected chi connectivity index (χ2v) is 10.3. The van der Waals surface area contributed by atoms with Gasteiger partial charge in [0.2, 0.25) is 0 Å². The molecule has 0 aliphatic rings. The molecule has 46 valence electrons. The zero-order valence-corrected chi connectivity index (χ0v) is 11.9. The van der Waals surface area contributed by atoms with Crippen molar-refractivity contribution in [1.29, 1.82) is 0 Å². The van der Waals surface area contributed by atoms with Crippen molar-refractivity contribution in [3.63, 3.8) is 0 Å². The van der Waals surface area contributed by atoms with Gasteiger partial charge in [0.1, 0.15) is 0 Å². The van der Waals surface area contributed by atoms with E-state index in [0.29, 0.717) is 0 Å². The fraction of sp³-hybridized carbons (Fsp3) is 0.200. The Morgan fingerprint density at radius 3 is 2.56 bits per heavy atom. The zero-order chi connectivity index (χ0) is 6.85. The molecule has 0 amide bonds. The molecular formula is C5H4Br2SZn. The van der Waals surface area contributed by atoms with Gasteiger partial charge < -0.3 is 0 Å². The summed E-state index contributed by atoms with van der Waals surface area (Å²) in [5.41, 5.74) is 1.45. The first kappa shape index (κ1) is 8.38. The number of halogens is 2. The van der Waals surface area contributed by atoms with E-state index in [1.807, 2.05) is 11.3 Å². The number of thiophene rings is 1. The predicted octanol–water partition coefficient (Wildman–Crippen LogP) is 2.84. The van der Waals surface area contributed by atoms with Crippen molar-refractivity contribution in [2.45, 2.75) is 6.92 Å². The first-order chi connectivity index (χ1) is 4.24. The van der Waals surface area contributed by atoms with Gasteiger partial charge in [-0.15, -0.1) is 0 Å². The molecule has 4 heteroatoms. The van der Waals surface area contributed by atoms with Crippen molar-refractivity contribution in [3.05, 3.63) is 15.4 Å². The molecule has 0 aromatic carbocycles. The van der Waals surface area contributed by atoms with Gasteiger partial charge in [0.25, 0.3) is 0 Å². The Hall–Kier alpha value is 1.28. The van der Waals surface area contributed by atoms with Crippen LogP contribution < -0.4 is 3.47 Å². The fourth-order valence-corrected chi connectivity index (χ4v) is 9.68. The second-order valence-electron chi connectivity index (χ2n) is 1.79. The van der Waals surface area contributed by atoms with Crippen LogP contribution in [0.25, 0.3) is 0 Å². The average Bonchev–Trinajstić information content (AvgIpc) is 2.10. The van der Waals surface area contributed by atoms with Gasteiger partial charge in [-0.05, 0) is 0 Å². The number of aryl methyl sites for hydroxylation is 1. The van der Waals surface area contributed by atoms with E-state index in [1.54, 1.807) is 3.47 Å². The maximum absolute atomic E-state index is 3.60. The van der Waals surface area contributed by atoms with E-state index in [-0.39, 0.29) is 0 Å². The van der Waals surface area contributed by atoms with Crippen LogP contribution in [0.15, 0.2) is 9.85 Å². The van der Waals surface area contributed by atoms with Crippen LogP contribution in [-0.4, -0.2) is 0 Å². The number of hydrogen-bond acceptors (Lipinski definition) is 1. The van der Waals surface area contributed by atoms with E-state index >= 15 is 0 Å². The molecule has 9 heavy (non-hydrogen) atoms. The maximum atomic E-state index is 3.60. The van der Waals surface area contributed by atoms with Gasteiger partial charge in [-0.2, -0.15) is 0 Å². The number of hydrogen-bond donors (Lipinski definition) is 0. The van der Waals surface area contributed by atoms with Crippen molar-refractivity contribution in [3.8, 4) is 0 Å². The van der Waals surface area contributed by atoms with Crippen LogP contribution in [0.2, 0.25) is 0 Å². The second kappa shape index (κ2) is 3.61. The summed E-state index contributed by atoms with van der Waals surface area (Å²) >= 11 is 8.42. The molecule has 1 aromatic heterocycles. The Morgan fingerprint density at radius 1 is 1.67 bits per heavy atom. The Labute approximate surface area is 81.1 Å². The van der Waals surface area contributed by atoms with Crippen molar-refractivity contribution >= 4 is 44.4 Å². The Kier molecular flexibility index (Phi) is 3.36. The minimum atomic E-state index is -0.495. The summed E-state index contributed by atoms with van der Waals surface area (Å²) in [6.07, 6.45) is 0. The molecule has 1 aromatic rings. The van der Waals surface area contributed by atoms with Gasteiger partial charge in [-0.3, -0.25) is 0 Å². The third-order valence-electron chi connectivity index (χ3n) is 1.11. The molecule has 0 saturated heterocycles. The topological polar surface area (TPSA) is 0 Å². The fourth-order valence-electron chi connectivity index (χ4n) is 0.611. The Bertz CT molecular complexity index is 209. The quantitative estimate of drug-likeness (QED) is 0.698. The monoisotopic (exact) mass is 318 g/mol. The summed E-state index contributed by atoms with van der Waals surface area (Å²) in [5.74, 6) is 0. The molecular weight excluding hydrogens is 317 g/mol. The van der Waals surface area contributed by atoms with E-state index in [4.69, 9.17) is 0 Å². The van der Waals surface area contributed by atoms with Crippen molar-refractivity contribution < 1.29 is 15.2 Å². The van der Waals surface area contributed by atoms with Crippen LogP contribution in [0.4, 0.5) is 0 Å². The standard InChI is InChI=1S/C5H4BrS.BrH.Zn/c1-4-2-5(6)7-3-4;;/h2H,1H3;1H;/q;;+1/p-1. The van der Waals surface area contributed by atoms with Crippen molar-refractivity contribution in [2.75, 3.05) is 0 Å². The Morgan fingerprint density at radius 2 is 2.33 bits per heavy atom. The van der Waals surface area contributed by atoms with E-state index in [9.17, 15) is 0 Å². The molecule has 0 bridgehead atoms. The average molecular weight is 321 g/mol. The van der Waals surface area contributed by atoms with Gasteiger partial charge in [0.05, 0.1) is 0 Å². The predicted molar refractivity (Wildman–Crippen MR) is 45.3 cm³/mol. The van der Waals surface area contributed by atoms with Gasteiger partial charge >= 0.3 is 81.9 Å². The molecule has 0 N–H and O–H groups in total. The van der Waals surface area contributed by atoms with Crippen LogP contribution in [0.3, 0.4) is 0 Å². The molecule has 1 heterocycles. The van der Waals surface area contributed by atoms with Crippen LogP contribution in [0, 0.1) is 6.92 Å². The first-order valence-electron chi connectivity index (χ1n) is 2.55. The first-order valence-corrected chi connectivity index (χ1v) is 12.6. The molecule has 0 nitrogen and oxygen atoms in total. The van der Waals surface area contributed by atoms with Crippen LogP contribution in [0.1, 0.15) is 5.56 Å². The summed E-state index contributed by atoms with van der Waals surface area (Å²) in [4.78, 5) is 0. The van der Waals surface area contributed by atoms with Crippen LogP contribution >= 0.6 is 40.9 Å². The van der Waals surface area contributed by atoms with Crippen molar-refractivity contribution in [1.82, 2.24) is 0 Å². The van der Waals surface area contributed by atoms with Crippen LogP contribution in [0.5, 0.6) is 0 Å². The summed E-state index contributed by atoms with van der Waals surface area (Å²) in [5, 5.41) is 0. The van der Waals surface area contributed by atoms with Gasteiger partial charge in [0, 0.05) is 0 Å². The molecule has 0 atom stereocenters. The van der Waals surface area contributed by atoms with E-state index in [0.717, 1.165) is 0 Å². The summed E-state index contributed by atoms with van der Waals surface area (Å²) in [6.45, 7) is 2.17. The Balaban J connectivity index is 3.01. The molecule has 0 saturated carbocycles. The third kappa shape index (κ3) is 2.11. The minimum absolute atomic E-state index is 0.495. The molecule has 0 spiro atoms. The summed E-state index contributed by atoms with van der Waals surface area (Å²) < 4.78 is 2.86. The van der Waals surface area contributed by atoms with E-state index < -0.39 is 15.2 Å². The molecule has 1 rings (SSSR count). The summed E-state index contributed by atoms with van der Waals surface area (Å²) in [7, 11) is 0. The number of rotatable bonds is 1. The SMILES string of the molecule is Cc1cc(Br)s[c]1[Zn][Br]. The summed E-state index contributed by atoms with van der Waals surface area (Å²) in [6, 6.07) is 2.19. The van der Waals surface area contributed by atoms with Crippen LogP contribution in [-0.2, 0) is 15.2 Å².